The van der Waals surface area contributed by atoms with E-state index in [1.165, 1.54) is 0 Å². The van der Waals surface area contributed by atoms with Gasteiger partial charge in [-0.05, 0) is 38.0 Å². The first kappa shape index (κ1) is 7.99. The Morgan fingerprint density at radius 3 is 2.30 bits per heavy atom. The molecule has 0 atom stereocenters. The molecule has 0 aromatic heterocycles. The number of rotatable bonds is 2. The fourth-order valence-electron chi connectivity index (χ4n) is 1.59. The van der Waals surface area contributed by atoms with Gasteiger partial charge >= 0.3 is 0 Å². The number of aliphatic hydroxyl groups excluding tert-OH is 1. The van der Waals surface area contributed by atoms with Crippen molar-refractivity contribution in [2.45, 2.75) is 38.3 Å². The van der Waals surface area contributed by atoms with Gasteiger partial charge in [0.2, 0.25) is 0 Å². The second-order valence-corrected chi connectivity index (χ2v) is 3.13. The number of hydrogen-bond acceptors (Lipinski definition) is 1. The van der Waals surface area contributed by atoms with Crippen LogP contribution in [-0.2, 0) is 0 Å². The largest absolute Gasteiger partial charge is 0.396 e. The van der Waals surface area contributed by atoms with Crippen LogP contribution in [0.5, 0.6) is 0 Å². The minimum Gasteiger partial charge on any atom is -0.396 e. The minimum atomic E-state index is -0.560. The molecular formula is C8H15FO. The Labute approximate surface area is 61.2 Å². The summed E-state index contributed by atoms with van der Waals surface area (Å²) in [5.74, 6) is 0.594. The summed E-state index contributed by atoms with van der Waals surface area (Å²) in [6.07, 6.45) is 3.68. The lowest BCUT2D eigenvalue weighted by atomic mass is 9.86. The second kappa shape index (κ2) is 3.91. The molecule has 0 saturated heterocycles. The van der Waals surface area contributed by atoms with Gasteiger partial charge in [0, 0.05) is 6.61 Å². The predicted octanol–water partition coefficient (Wildman–Crippen LogP) is 1.90. The molecule has 1 saturated carbocycles. The molecule has 0 aliphatic heterocycles. The molecule has 0 amide bonds. The topological polar surface area (TPSA) is 20.2 Å². The lowest BCUT2D eigenvalue weighted by Gasteiger charge is -2.22. The van der Waals surface area contributed by atoms with Crippen molar-refractivity contribution < 1.29 is 9.50 Å². The Balaban J connectivity index is 2.13. The molecule has 60 valence electrons. The molecule has 1 nitrogen and oxygen atoms in total. The number of alkyl halides is 1. The van der Waals surface area contributed by atoms with Crippen LogP contribution in [0.25, 0.3) is 0 Å². The van der Waals surface area contributed by atoms with Crippen molar-refractivity contribution in [2.24, 2.45) is 5.92 Å². The van der Waals surface area contributed by atoms with Crippen LogP contribution in [-0.4, -0.2) is 17.9 Å². The molecule has 1 fully saturated rings. The van der Waals surface area contributed by atoms with Crippen molar-refractivity contribution in [3.8, 4) is 0 Å². The zero-order valence-electron chi connectivity index (χ0n) is 6.22. The normalized spacial score (nSPS) is 34.2. The van der Waals surface area contributed by atoms with Crippen LogP contribution >= 0.6 is 0 Å². The van der Waals surface area contributed by atoms with E-state index in [0.29, 0.717) is 18.8 Å². The van der Waals surface area contributed by atoms with E-state index in [1.807, 2.05) is 0 Å². The van der Waals surface area contributed by atoms with Crippen molar-refractivity contribution in [2.75, 3.05) is 6.61 Å². The average Bonchev–Trinajstić information content (AvgIpc) is 1.95. The van der Waals surface area contributed by atoms with Gasteiger partial charge < -0.3 is 5.11 Å². The molecule has 10 heavy (non-hydrogen) atoms. The lowest BCUT2D eigenvalue weighted by molar-refractivity contribution is 0.175. The highest BCUT2D eigenvalue weighted by Gasteiger charge is 2.19. The van der Waals surface area contributed by atoms with Crippen LogP contribution < -0.4 is 0 Å². The third-order valence-electron chi connectivity index (χ3n) is 2.31. The smallest absolute Gasteiger partial charge is 0.100 e. The Kier molecular flexibility index (Phi) is 3.13. The molecule has 1 rings (SSSR count). The number of aliphatic hydroxyl groups is 1. The van der Waals surface area contributed by atoms with Gasteiger partial charge in [0.15, 0.2) is 0 Å². The van der Waals surface area contributed by atoms with Gasteiger partial charge in [0.25, 0.3) is 0 Å². The molecular weight excluding hydrogens is 131 g/mol. The summed E-state index contributed by atoms with van der Waals surface area (Å²) in [4.78, 5) is 0. The van der Waals surface area contributed by atoms with Crippen molar-refractivity contribution in [1.29, 1.82) is 0 Å². The Hall–Kier alpha value is -0.110. The van der Waals surface area contributed by atoms with Gasteiger partial charge in [-0.15, -0.1) is 0 Å². The standard InChI is InChI=1S/C8H15FO/c9-8-3-1-7(2-4-8)5-6-10/h7-8,10H,1-6H2. The van der Waals surface area contributed by atoms with E-state index < -0.39 is 6.17 Å². The maximum Gasteiger partial charge on any atom is 0.100 e. The van der Waals surface area contributed by atoms with Gasteiger partial charge in [0.1, 0.15) is 6.17 Å². The van der Waals surface area contributed by atoms with Gasteiger partial charge in [-0.25, -0.2) is 4.39 Å². The van der Waals surface area contributed by atoms with E-state index in [-0.39, 0.29) is 6.61 Å². The monoisotopic (exact) mass is 146 g/mol. The first-order valence-electron chi connectivity index (χ1n) is 4.08. The Bertz CT molecular complexity index is 87.3. The molecule has 1 aliphatic carbocycles. The van der Waals surface area contributed by atoms with E-state index in [0.717, 1.165) is 19.3 Å². The Morgan fingerprint density at radius 2 is 1.80 bits per heavy atom. The molecule has 0 aromatic carbocycles. The van der Waals surface area contributed by atoms with Crippen molar-refractivity contribution in [1.82, 2.24) is 0 Å². The molecule has 0 radical (unpaired) electrons. The third-order valence-corrected chi connectivity index (χ3v) is 2.31. The maximum atomic E-state index is 12.5. The van der Waals surface area contributed by atoms with E-state index in [4.69, 9.17) is 5.11 Å². The zero-order valence-corrected chi connectivity index (χ0v) is 6.22. The highest BCUT2D eigenvalue weighted by atomic mass is 19.1. The van der Waals surface area contributed by atoms with Crippen molar-refractivity contribution >= 4 is 0 Å². The first-order chi connectivity index (χ1) is 4.83. The number of halogens is 1. The molecule has 1 N–H and O–H groups in total. The molecule has 0 spiro atoms. The summed E-state index contributed by atoms with van der Waals surface area (Å²) >= 11 is 0. The molecule has 0 unspecified atom stereocenters. The molecule has 0 heterocycles. The summed E-state index contributed by atoms with van der Waals surface area (Å²) in [6, 6.07) is 0. The SMILES string of the molecule is OCCC1CCC(F)CC1. The van der Waals surface area contributed by atoms with Crippen molar-refractivity contribution in [3.05, 3.63) is 0 Å². The highest BCUT2D eigenvalue weighted by molar-refractivity contribution is 4.71. The van der Waals surface area contributed by atoms with Gasteiger partial charge in [0.05, 0.1) is 0 Å². The molecule has 0 bridgehead atoms. The van der Waals surface area contributed by atoms with Crippen LogP contribution in [0.3, 0.4) is 0 Å². The third kappa shape index (κ3) is 2.25. The van der Waals surface area contributed by atoms with Gasteiger partial charge in [-0.3, -0.25) is 0 Å². The summed E-state index contributed by atoms with van der Waals surface area (Å²) in [6.45, 7) is 0.265. The van der Waals surface area contributed by atoms with Gasteiger partial charge in [-0.1, -0.05) is 0 Å². The minimum absolute atomic E-state index is 0.265. The van der Waals surface area contributed by atoms with Crippen LogP contribution in [0.4, 0.5) is 4.39 Å². The maximum absolute atomic E-state index is 12.5. The lowest BCUT2D eigenvalue weighted by Crippen LogP contribution is -2.15. The van der Waals surface area contributed by atoms with Crippen LogP contribution in [0.15, 0.2) is 0 Å². The van der Waals surface area contributed by atoms with E-state index in [9.17, 15) is 4.39 Å². The van der Waals surface area contributed by atoms with Crippen LogP contribution in [0.2, 0.25) is 0 Å². The fraction of sp³-hybridized carbons (Fsp3) is 1.00. The molecule has 1 aliphatic rings. The summed E-state index contributed by atoms with van der Waals surface area (Å²) in [5.41, 5.74) is 0. The van der Waals surface area contributed by atoms with E-state index >= 15 is 0 Å². The Morgan fingerprint density at radius 1 is 1.20 bits per heavy atom. The molecule has 2 heteroatoms. The zero-order chi connectivity index (χ0) is 7.40. The molecule has 0 aromatic rings. The van der Waals surface area contributed by atoms with E-state index in [2.05, 4.69) is 0 Å². The average molecular weight is 146 g/mol. The fourth-order valence-corrected chi connectivity index (χ4v) is 1.59. The summed E-state index contributed by atoms with van der Waals surface area (Å²) in [5, 5.41) is 8.59. The van der Waals surface area contributed by atoms with E-state index in [1.54, 1.807) is 0 Å². The highest BCUT2D eigenvalue weighted by Crippen LogP contribution is 2.27. The van der Waals surface area contributed by atoms with Gasteiger partial charge in [-0.2, -0.15) is 0 Å². The predicted molar refractivity (Wildman–Crippen MR) is 38.6 cm³/mol. The second-order valence-electron chi connectivity index (χ2n) is 3.13. The summed E-state index contributed by atoms with van der Waals surface area (Å²) in [7, 11) is 0. The van der Waals surface area contributed by atoms with Crippen LogP contribution in [0.1, 0.15) is 32.1 Å². The van der Waals surface area contributed by atoms with Crippen molar-refractivity contribution in [3.63, 3.8) is 0 Å². The first-order valence-corrected chi connectivity index (χ1v) is 4.08. The number of hydrogen-bond donors (Lipinski definition) is 1. The quantitative estimate of drug-likeness (QED) is 0.630. The summed E-state index contributed by atoms with van der Waals surface area (Å²) < 4.78 is 12.5. The van der Waals surface area contributed by atoms with Crippen LogP contribution in [0, 0.1) is 5.92 Å².